The molecule has 1 aliphatic heterocycles. The molecule has 3 heterocycles. The van der Waals surface area contributed by atoms with Gasteiger partial charge in [-0.1, -0.05) is 19.0 Å². The molecule has 1 amide bonds. The molecule has 0 aromatic carbocycles. The number of amides is 1. The molecule has 0 aliphatic carbocycles. The van der Waals surface area contributed by atoms with E-state index < -0.39 is 11.2 Å². The number of H-pyrrole nitrogens is 1. The smallest absolute Gasteiger partial charge is 0.409 e. The number of aromatic amines is 1. The Bertz CT molecular complexity index is 1050. The maximum absolute atomic E-state index is 12.6. The van der Waals surface area contributed by atoms with E-state index in [2.05, 4.69) is 29.0 Å². The van der Waals surface area contributed by atoms with Gasteiger partial charge in [0.25, 0.3) is 5.56 Å². The predicted molar refractivity (Wildman–Crippen MR) is 110 cm³/mol. The summed E-state index contributed by atoms with van der Waals surface area (Å²) in [5.74, 6) is 0.424. The van der Waals surface area contributed by atoms with Crippen molar-refractivity contribution in [3.63, 3.8) is 0 Å². The van der Waals surface area contributed by atoms with Crippen LogP contribution in [0.25, 0.3) is 11.1 Å². The first kappa shape index (κ1) is 21.5. The largest absolute Gasteiger partial charge is 0.450 e. The minimum Gasteiger partial charge on any atom is -0.450 e. The number of hydrogen-bond donors (Lipinski definition) is 1. The summed E-state index contributed by atoms with van der Waals surface area (Å²) in [5.41, 5.74) is 0.244. The molecule has 1 aliphatic rings. The summed E-state index contributed by atoms with van der Waals surface area (Å²) in [6.07, 6.45) is 2.09. The van der Waals surface area contributed by atoms with Crippen molar-refractivity contribution >= 4 is 22.9 Å². The second-order valence-corrected chi connectivity index (χ2v) is 7.51. The second kappa shape index (κ2) is 9.55. The fraction of sp³-hybridized carbons (Fsp3) is 0.550. The number of nitrogens with zero attached hydrogens (tertiary/aromatic N) is 3. The minimum atomic E-state index is -0.567. The lowest BCUT2D eigenvalue weighted by atomic mass is 10.0. The van der Waals surface area contributed by atoms with Crippen LogP contribution < -0.4 is 16.0 Å². The molecular weight excluding hydrogens is 392 g/mol. The summed E-state index contributed by atoms with van der Waals surface area (Å²) in [5, 5.41) is 4.28. The Labute approximate surface area is 172 Å². The van der Waals surface area contributed by atoms with Crippen LogP contribution in [0, 0.1) is 5.92 Å². The van der Waals surface area contributed by atoms with Gasteiger partial charge in [0.15, 0.2) is 0 Å². The maximum atomic E-state index is 12.6. The molecule has 0 saturated carbocycles. The third-order valence-electron chi connectivity index (χ3n) is 4.79. The molecule has 0 unspecified atom stereocenters. The Morgan fingerprint density at radius 2 is 2.07 bits per heavy atom. The van der Waals surface area contributed by atoms with Gasteiger partial charge in [0.2, 0.25) is 5.71 Å². The van der Waals surface area contributed by atoms with E-state index in [9.17, 15) is 14.4 Å². The van der Waals surface area contributed by atoms with Gasteiger partial charge in [-0.2, -0.15) is 4.98 Å². The quantitative estimate of drug-likeness (QED) is 0.714. The van der Waals surface area contributed by atoms with Crippen LogP contribution in [-0.4, -0.2) is 46.4 Å². The highest BCUT2D eigenvalue weighted by Crippen LogP contribution is 2.17. The van der Waals surface area contributed by atoms with Gasteiger partial charge in [-0.25, -0.2) is 9.59 Å². The molecule has 30 heavy (non-hydrogen) atoms. The van der Waals surface area contributed by atoms with Crippen molar-refractivity contribution in [1.82, 2.24) is 14.9 Å². The highest BCUT2D eigenvalue weighted by Gasteiger charge is 2.21. The minimum absolute atomic E-state index is 0.0719. The van der Waals surface area contributed by atoms with Gasteiger partial charge in [0.1, 0.15) is 5.39 Å². The monoisotopic (exact) mass is 418 g/mol. The summed E-state index contributed by atoms with van der Waals surface area (Å²) in [6.45, 7) is 7.16. The highest BCUT2D eigenvalue weighted by atomic mass is 16.6. The summed E-state index contributed by atoms with van der Waals surface area (Å²) < 4.78 is 10.1. The third-order valence-corrected chi connectivity index (χ3v) is 4.79. The van der Waals surface area contributed by atoms with Crippen LogP contribution in [0.15, 0.2) is 25.2 Å². The van der Waals surface area contributed by atoms with Crippen LogP contribution in [0.2, 0.25) is 0 Å². The standard InChI is InChI=1S/C20H26N4O6/c1-4-28-20(27)24-9-7-14(8-10-24)23-30-19-21-17(26)16-13(6-5-12(2)3)11-15(25)29-18(16)22-19/h11-12H,4-10H2,1-3H3,(H,21,22,26). The molecule has 0 spiro atoms. The Morgan fingerprint density at radius 3 is 2.73 bits per heavy atom. The van der Waals surface area contributed by atoms with Crippen molar-refractivity contribution in [2.75, 3.05) is 19.7 Å². The molecular formula is C20H26N4O6. The number of oxime groups is 1. The fourth-order valence-corrected chi connectivity index (χ4v) is 3.17. The van der Waals surface area contributed by atoms with Crippen LogP contribution in [0.4, 0.5) is 4.79 Å². The zero-order valence-electron chi connectivity index (χ0n) is 17.4. The number of hydrogen-bond acceptors (Lipinski definition) is 8. The van der Waals surface area contributed by atoms with Crippen LogP contribution in [-0.2, 0) is 11.2 Å². The van der Waals surface area contributed by atoms with Gasteiger partial charge >= 0.3 is 17.7 Å². The SMILES string of the molecule is CCOC(=O)N1CCC(=NOc2nc3oc(=O)cc(CCC(C)C)c3c(=O)[nH]2)CC1. The molecule has 0 bridgehead atoms. The normalized spacial score (nSPS) is 14.3. The summed E-state index contributed by atoms with van der Waals surface area (Å²) >= 11 is 0. The van der Waals surface area contributed by atoms with Crippen molar-refractivity contribution < 1.29 is 18.8 Å². The Balaban J connectivity index is 1.75. The first-order chi connectivity index (χ1) is 14.4. The van der Waals surface area contributed by atoms with Crippen LogP contribution in [0.3, 0.4) is 0 Å². The van der Waals surface area contributed by atoms with Gasteiger partial charge in [0, 0.05) is 32.0 Å². The third kappa shape index (κ3) is 5.25. The van der Waals surface area contributed by atoms with Crippen molar-refractivity contribution in [2.24, 2.45) is 11.1 Å². The molecule has 1 fully saturated rings. The maximum Gasteiger partial charge on any atom is 0.409 e. The number of nitrogens with one attached hydrogen (secondary N) is 1. The average molecular weight is 418 g/mol. The van der Waals surface area contributed by atoms with E-state index in [4.69, 9.17) is 14.0 Å². The van der Waals surface area contributed by atoms with Gasteiger partial charge in [-0.05, 0) is 31.2 Å². The zero-order chi connectivity index (χ0) is 21.7. The Kier molecular flexibility index (Phi) is 6.86. The molecule has 10 nitrogen and oxygen atoms in total. The summed E-state index contributed by atoms with van der Waals surface area (Å²) in [4.78, 5) is 49.7. The predicted octanol–water partition coefficient (Wildman–Crippen LogP) is 2.45. The van der Waals surface area contributed by atoms with E-state index in [1.807, 2.05) is 0 Å². The van der Waals surface area contributed by atoms with Crippen molar-refractivity contribution in [3.8, 4) is 6.01 Å². The van der Waals surface area contributed by atoms with Crippen LogP contribution in [0.5, 0.6) is 6.01 Å². The molecule has 10 heteroatoms. The second-order valence-electron chi connectivity index (χ2n) is 7.51. The van der Waals surface area contributed by atoms with Crippen molar-refractivity contribution in [2.45, 2.75) is 46.5 Å². The van der Waals surface area contributed by atoms with E-state index in [0.717, 1.165) is 12.1 Å². The zero-order valence-corrected chi connectivity index (χ0v) is 17.4. The number of rotatable bonds is 6. The highest BCUT2D eigenvalue weighted by molar-refractivity contribution is 5.86. The molecule has 0 atom stereocenters. The number of carbonyl (C=O) groups is 1. The molecule has 0 radical (unpaired) electrons. The lowest BCUT2D eigenvalue weighted by Gasteiger charge is -2.26. The number of likely N-dealkylation sites (tertiary alicyclic amines) is 1. The number of aryl methyl sites for hydroxylation is 1. The first-order valence-electron chi connectivity index (χ1n) is 10.1. The number of fused-ring (bicyclic) bond motifs is 1. The topological polar surface area (TPSA) is 127 Å². The Morgan fingerprint density at radius 1 is 1.33 bits per heavy atom. The summed E-state index contributed by atoms with van der Waals surface area (Å²) in [7, 11) is 0. The average Bonchev–Trinajstić information content (AvgIpc) is 2.70. The van der Waals surface area contributed by atoms with Gasteiger partial charge in [-0.3, -0.25) is 9.78 Å². The van der Waals surface area contributed by atoms with Gasteiger partial charge < -0.3 is 18.9 Å². The molecule has 2 aromatic rings. The van der Waals surface area contributed by atoms with Gasteiger partial charge in [0.05, 0.1) is 12.3 Å². The molecule has 1 saturated heterocycles. The Hall–Kier alpha value is -3.17. The number of carbonyl (C=O) groups excluding carboxylic acids is 1. The molecule has 3 rings (SSSR count). The number of ether oxygens (including phenoxy) is 1. The van der Waals surface area contributed by atoms with Crippen LogP contribution >= 0.6 is 0 Å². The van der Waals surface area contributed by atoms with E-state index in [1.165, 1.54) is 6.07 Å². The summed E-state index contributed by atoms with van der Waals surface area (Å²) in [6, 6.07) is 1.18. The lowest BCUT2D eigenvalue weighted by Crippen LogP contribution is -2.39. The van der Waals surface area contributed by atoms with E-state index in [0.29, 0.717) is 50.4 Å². The molecule has 162 valence electrons. The first-order valence-corrected chi connectivity index (χ1v) is 10.1. The molecule has 1 N–H and O–H groups in total. The van der Waals surface area contributed by atoms with E-state index in [1.54, 1.807) is 11.8 Å². The lowest BCUT2D eigenvalue weighted by molar-refractivity contribution is 0.107. The van der Waals surface area contributed by atoms with Gasteiger partial charge in [-0.15, -0.1) is 0 Å². The number of piperidine rings is 1. The van der Waals surface area contributed by atoms with Crippen molar-refractivity contribution in [1.29, 1.82) is 0 Å². The van der Waals surface area contributed by atoms with E-state index in [-0.39, 0.29) is 23.2 Å². The van der Waals surface area contributed by atoms with E-state index >= 15 is 0 Å². The number of aromatic nitrogens is 2. The molecule has 2 aromatic heterocycles. The van der Waals surface area contributed by atoms with Crippen LogP contribution in [0.1, 0.15) is 45.6 Å². The fourth-order valence-electron chi connectivity index (χ4n) is 3.17. The van der Waals surface area contributed by atoms with Crippen molar-refractivity contribution in [3.05, 3.63) is 32.4 Å².